The number of para-hydroxylation sites is 8. The molecule has 0 spiro atoms. The lowest BCUT2D eigenvalue weighted by Gasteiger charge is -2.07. The zero-order chi connectivity index (χ0) is 75.3. The Morgan fingerprint density at radius 3 is 1.23 bits per heavy atom. The van der Waals surface area contributed by atoms with E-state index in [1.165, 1.54) is 109 Å². The van der Waals surface area contributed by atoms with Crippen LogP contribution in [0.1, 0.15) is 0 Å². The molecule has 0 bridgehead atoms. The summed E-state index contributed by atoms with van der Waals surface area (Å²) in [6, 6.07) is 120. The summed E-state index contributed by atoms with van der Waals surface area (Å²) in [5, 5.41) is 25.0. The molecule has 534 valence electrons. The van der Waals surface area contributed by atoms with Crippen molar-refractivity contribution < 1.29 is 13.3 Å². The van der Waals surface area contributed by atoms with Crippen LogP contribution in [0, 0.1) is 0 Å². The molecule has 0 aliphatic carbocycles. The van der Waals surface area contributed by atoms with Crippen LogP contribution < -0.4 is 0 Å². The number of nitrogens with zero attached hydrogens (tertiary/aromatic N) is 8. The van der Waals surface area contributed by atoms with E-state index in [2.05, 4.69) is 298 Å². The topological polar surface area (TPSA) is 117 Å². The maximum atomic E-state index is 6.54. The van der Waals surface area contributed by atoms with Crippen molar-refractivity contribution in [2.75, 3.05) is 0 Å². The zero-order valence-electron chi connectivity index (χ0n) is 61.6. The van der Waals surface area contributed by atoms with Crippen LogP contribution in [0.5, 0.6) is 0 Å². The number of hydrogen-bond acceptors (Lipinski definition) is 8. The van der Waals surface area contributed by atoms with Gasteiger partial charge in [0.2, 0.25) is 0 Å². The highest BCUT2D eigenvalue weighted by Crippen LogP contribution is 2.50. The van der Waals surface area contributed by atoms with Crippen molar-refractivity contribution in [3.8, 4) is 33.4 Å². The molecule has 0 saturated carbocycles. The standard InChI is InChI=1S/C37H20N2O.C36H19N3O.C32H17N3O/c1-3-10-24-21(7-1)9-5-11-25(24)22-15-16-27-33(20-22)40-32-18-17-31-34(35(27)32)28-13-6-12-26-29-19-23-8-2-4-14-30(23)38-37(29)39(31)36(26)28;1-2-7-21-18-22(13-12-20(21)6-1)23-14-16-30-26(19-23)33-31(40-30)17-15-29-32(33)24-8-5-9-25-34-36(39(29)35(24)25)38-28-11-4-3-10-27(28)37-34;1-2-7-18(8-3-1)19-13-14-20-27(17-19)36-26-16-15-25-28(29(20)26)21-9-6-10-22-30-32(35(25)31(21)22)34-24-12-5-4-11-23(24)33-30/h1-20H;1-19H;1-17H. The van der Waals surface area contributed by atoms with Gasteiger partial charge >= 0.3 is 0 Å². The molecule has 0 amide bonds. The molecule has 0 aliphatic heterocycles. The first-order valence-electron chi connectivity index (χ1n) is 39.3. The van der Waals surface area contributed by atoms with Crippen LogP contribution in [0.2, 0.25) is 0 Å². The number of furan rings is 3. The minimum Gasteiger partial charge on any atom is -0.456 e. The maximum Gasteiger partial charge on any atom is 0.165 e. The predicted octanol–water partition coefficient (Wildman–Crippen LogP) is 28.0. The van der Waals surface area contributed by atoms with Crippen molar-refractivity contribution in [1.82, 2.24) is 38.1 Å². The molecule has 0 atom stereocenters. The van der Waals surface area contributed by atoms with Crippen LogP contribution in [-0.2, 0) is 0 Å². The summed E-state index contributed by atoms with van der Waals surface area (Å²) in [6.07, 6.45) is 0. The molecule has 11 nitrogen and oxygen atoms in total. The van der Waals surface area contributed by atoms with Crippen LogP contribution >= 0.6 is 0 Å². The van der Waals surface area contributed by atoms with E-state index in [1.807, 2.05) is 54.6 Å². The Morgan fingerprint density at radius 1 is 0.190 bits per heavy atom. The molecule has 0 N–H and O–H groups in total. The first-order valence-corrected chi connectivity index (χ1v) is 39.3. The Hall–Kier alpha value is -15.9. The van der Waals surface area contributed by atoms with Crippen LogP contribution in [0.3, 0.4) is 0 Å². The number of benzene rings is 17. The number of fused-ring (bicyclic) bond motifs is 35. The molecule has 12 heterocycles. The predicted molar refractivity (Wildman–Crippen MR) is 478 cm³/mol. The third-order valence-electron chi connectivity index (χ3n) is 24.7. The molecule has 0 fully saturated rings. The fraction of sp³-hybridized carbons (Fsp3) is 0. The van der Waals surface area contributed by atoms with Gasteiger partial charge < -0.3 is 13.3 Å². The van der Waals surface area contributed by atoms with Gasteiger partial charge in [0.05, 0.1) is 60.7 Å². The van der Waals surface area contributed by atoms with Crippen molar-refractivity contribution in [2.24, 2.45) is 0 Å². The lowest BCUT2D eigenvalue weighted by Crippen LogP contribution is -1.88. The lowest BCUT2D eigenvalue weighted by molar-refractivity contribution is 0.669. The summed E-state index contributed by atoms with van der Waals surface area (Å²) in [5.41, 5.74) is 28.8. The van der Waals surface area contributed by atoms with Gasteiger partial charge in [0.15, 0.2) is 11.3 Å². The van der Waals surface area contributed by atoms with Crippen LogP contribution in [0.15, 0.2) is 353 Å². The normalized spacial score (nSPS) is 12.5. The van der Waals surface area contributed by atoms with E-state index in [4.69, 9.17) is 38.2 Å². The third kappa shape index (κ3) is 8.50. The number of pyridine rings is 1. The van der Waals surface area contributed by atoms with Gasteiger partial charge in [-0.2, -0.15) is 0 Å². The highest BCUT2D eigenvalue weighted by molar-refractivity contribution is 6.35. The van der Waals surface area contributed by atoms with Gasteiger partial charge in [0, 0.05) is 91.6 Å². The van der Waals surface area contributed by atoms with Gasteiger partial charge in [-0.25, -0.2) is 24.9 Å². The van der Waals surface area contributed by atoms with Crippen LogP contribution in [0.25, 0.3) is 269 Å². The molecule has 11 heteroatoms. The highest BCUT2D eigenvalue weighted by atomic mass is 16.3. The Labute approximate surface area is 655 Å². The summed E-state index contributed by atoms with van der Waals surface area (Å²) in [7, 11) is 0. The third-order valence-corrected chi connectivity index (χ3v) is 24.7. The fourth-order valence-electron chi connectivity index (χ4n) is 19.7. The van der Waals surface area contributed by atoms with Crippen molar-refractivity contribution in [3.63, 3.8) is 0 Å². The van der Waals surface area contributed by atoms with E-state index in [0.717, 1.165) is 160 Å². The van der Waals surface area contributed by atoms with Crippen molar-refractivity contribution in [1.29, 1.82) is 0 Å². The Kier molecular flexibility index (Phi) is 12.2. The van der Waals surface area contributed by atoms with Crippen LogP contribution in [-0.4, -0.2) is 38.1 Å². The monoisotopic (exact) mass is 1480 g/mol. The smallest absolute Gasteiger partial charge is 0.165 e. The SMILES string of the molecule is c1ccc(-c2ccc3c(c2)oc2ccc4c(c5cccc6c7nc8ccccc8nc7n4c65)c23)cc1.c1ccc2cc(-c3ccc4oc5ccc6c(c7cccc8c9nc%10ccccc%10nc9n6c87)c5c4c3)ccc2c1.c1ccc2nc3c(cc2c1)c1cccc2c4c5c(ccc4n3c12)oc1cc(-c2cccc3ccccc23)ccc15. The maximum absolute atomic E-state index is 6.54. The average molecular weight is 1480 g/mol. The van der Waals surface area contributed by atoms with Gasteiger partial charge in [0.25, 0.3) is 0 Å². The van der Waals surface area contributed by atoms with Gasteiger partial charge in [-0.05, 0) is 170 Å². The average Bonchev–Trinajstić information content (AvgIpc) is 1.54. The number of aromatic nitrogens is 8. The molecule has 0 unspecified atom stereocenters. The first kappa shape index (κ1) is 61.9. The van der Waals surface area contributed by atoms with Gasteiger partial charge in [-0.1, -0.05) is 224 Å². The molecule has 17 aromatic carbocycles. The van der Waals surface area contributed by atoms with E-state index in [-0.39, 0.29) is 0 Å². The summed E-state index contributed by atoms with van der Waals surface area (Å²) in [4.78, 5) is 25.4. The summed E-state index contributed by atoms with van der Waals surface area (Å²) < 4.78 is 26.3. The van der Waals surface area contributed by atoms with Gasteiger partial charge in [0.1, 0.15) is 50.2 Å². The first-order chi connectivity index (χ1) is 57.5. The van der Waals surface area contributed by atoms with E-state index < -0.39 is 0 Å². The minimum absolute atomic E-state index is 0.893. The molecule has 29 aromatic rings. The van der Waals surface area contributed by atoms with Gasteiger partial charge in [-0.15, -0.1) is 0 Å². The second-order valence-electron chi connectivity index (χ2n) is 30.8. The second kappa shape index (κ2) is 22.9. The molecular formula is C105H56N8O3. The molecular weight excluding hydrogens is 1420 g/mol. The molecule has 0 saturated heterocycles. The van der Waals surface area contributed by atoms with Gasteiger partial charge in [-0.3, -0.25) is 13.2 Å². The van der Waals surface area contributed by atoms with Crippen molar-refractivity contribution >= 4 is 235 Å². The van der Waals surface area contributed by atoms with E-state index in [9.17, 15) is 0 Å². The fourth-order valence-corrected chi connectivity index (χ4v) is 19.7. The molecule has 116 heavy (non-hydrogen) atoms. The molecule has 12 aromatic heterocycles. The van der Waals surface area contributed by atoms with E-state index in [0.29, 0.717) is 0 Å². The summed E-state index contributed by atoms with van der Waals surface area (Å²) in [5.74, 6) is 0. The lowest BCUT2D eigenvalue weighted by atomic mass is 9.97. The largest absolute Gasteiger partial charge is 0.456 e. The van der Waals surface area contributed by atoms with Crippen LogP contribution in [0.4, 0.5) is 0 Å². The molecule has 0 aliphatic rings. The minimum atomic E-state index is 0.893. The Bertz CT molecular complexity index is 9320. The Balaban J connectivity index is 0.0000000933. The Morgan fingerprint density at radius 2 is 0.603 bits per heavy atom. The number of rotatable bonds is 3. The second-order valence-corrected chi connectivity index (χ2v) is 30.8. The van der Waals surface area contributed by atoms with Crippen molar-refractivity contribution in [2.45, 2.75) is 0 Å². The zero-order valence-corrected chi connectivity index (χ0v) is 61.6. The molecule has 0 radical (unpaired) electrons. The van der Waals surface area contributed by atoms with E-state index in [1.54, 1.807) is 0 Å². The van der Waals surface area contributed by atoms with E-state index >= 15 is 0 Å². The summed E-state index contributed by atoms with van der Waals surface area (Å²) in [6.45, 7) is 0. The summed E-state index contributed by atoms with van der Waals surface area (Å²) >= 11 is 0. The highest BCUT2D eigenvalue weighted by Gasteiger charge is 2.28. The number of hydrogen-bond donors (Lipinski definition) is 0. The molecule has 29 rings (SSSR count). The quantitative estimate of drug-likeness (QED) is 0.172. The van der Waals surface area contributed by atoms with Crippen molar-refractivity contribution in [3.05, 3.63) is 340 Å².